The summed E-state index contributed by atoms with van der Waals surface area (Å²) in [4.78, 5) is 15.2. The lowest BCUT2D eigenvalue weighted by atomic mass is 10.00. The van der Waals surface area contributed by atoms with Gasteiger partial charge in [0.15, 0.2) is 5.78 Å². The Balaban J connectivity index is 1.75. The van der Waals surface area contributed by atoms with E-state index in [2.05, 4.69) is 11.8 Å². The highest BCUT2D eigenvalue weighted by molar-refractivity contribution is 6.00. The number of hydrogen-bond donors (Lipinski definition) is 0. The van der Waals surface area contributed by atoms with Crippen molar-refractivity contribution in [3.63, 3.8) is 0 Å². The normalized spacial score (nSPS) is 20.5. The number of benzene rings is 1. The molecule has 0 bridgehead atoms. The van der Waals surface area contributed by atoms with E-state index in [1.165, 1.54) is 25.7 Å². The molecule has 1 unspecified atom stereocenters. The SMILES string of the molecule is CCC(C(=O)c1ccccc1)N(CC1CC1)C1CC1. The summed E-state index contributed by atoms with van der Waals surface area (Å²) in [7, 11) is 0. The first-order valence-electron chi connectivity index (χ1n) is 7.64. The predicted molar refractivity (Wildman–Crippen MR) is 77.3 cm³/mol. The first-order chi connectivity index (χ1) is 9.29. The van der Waals surface area contributed by atoms with E-state index in [1.54, 1.807) is 0 Å². The molecule has 0 spiro atoms. The second-order valence-corrected chi connectivity index (χ2v) is 6.03. The van der Waals surface area contributed by atoms with Crippen LogP contribution < -0.4 is 0 Å². The van der Waals surface area contributed by atoms with Crippen LogP contribution in [0.15, 0.2) is 30.3 Å². The standard InChI is InChI=1S/C17H23NO/c1-2-16(17(19)14-6-4-3-5-7-14)18(15-10-11-15)12-13-8-9-13/h3-7,13,15-16H,2,8-12H2,1H3. The van der Waals surface area contributed by atoms with Gasteiger partial charge in [0, 0.05) is 18.2 Å². The molecule has 19 heavy (non-hydrogen) atoms. The van der Waals surface area contributed by atoms with Gasteiger partial charge in [-0.2, -0.15) is 0 Å². The summed E-state index contributed by atoms with van der Waals surface area (Å²) in [5.74, 6) is 1.17. The second-order valence-electron chi connectivity index (χ2n) is 6.03. The van der Waals surface area contributed by atoms with Crippen LogP contribution in [-0.4, -0.2) is 29.3 Å². The van der Waals surface area contributed by atoms with Gasteiger partial charge in [-0.25, -0.2) is 0 Å². The number of Topliss-reactive ketones (excluding diaryl/α,β-unsaturated/α-hetero) is 1. The number of hydrogen-bond acceptors (Lipinski definition) is 2. The van der Waals surface area contributed by atoms with Crippen LogP contribution in [0.2, 0.25) is 0 Å². The maximum atomic E-state index is 12.7. The fraction of sp³-hybridized carbons (Fsp3) is 0.588. The summed E-state index contributed by atoms with van der Waals surface area (Å²) >= 11 is 0. The third kappa shape index (κ3) is 3.06. The quantitative estimate of drug-likeness (QED) is 0.697. The average molecular weight is 257 g/mol. The molecule has 2 aliphatic carbocycles. The molecule has 0 radical (unpaired) electrons. The van der Waals surface area contributed by atoms with Gasteiger partial charge in [-0.05, 0) is 38.0 Å². The van der Waals surface area contributed by atoms with Gasteiger partial charge in [-0.3, -0.25) is 9.69 Å². The fourth-order valence-corrected chi connectivity index (χ4v) is 2.90. The molecule has 0 N–H and O–H groups in total. The molecule has 1 aromatic carbocycles. The van der Waals surface area contributed by atoms with Crippen LogP contribution in [0, 0.1) is 5.92 Å². The molecule has 2 aliphatic rings. The summed E-state index contributed by atoms with van der Waals surface area (Å²) in [6, 6.07) is 10.6. The van der Waals surface area contributed by atoms with Gasteiger partial charge in [0.1, 0.15) is 0 Å². The van der Waals surface area contributed by atoms with E-state index >= 15 is 0 Å². The van der Waals surface area contributed by atoms with Crippen molar-refractivity contribution in [2.45, 2.75) is 51.1 Å². The molecule has 1 aromatic rings. The summed E-state index contributed by atoms with van der Waals surface area (Å²) in [6.45, 7) is 3.29. The zero-order chi connectivity index (χ0) is 13.2. The van der Waals surface area contributed by atoms with Crippen molar-refractivity contribution >= 4 is 5.78 Å². The fourth-order valence-electron chi connectivity index (χ4n) is 2.90. The van der Waals surface area contributed by atoms with E-state index in [4.69, 9.17) is 0 Å². The minimum Gasteiger partial charge on any atom is -0.292 e. The molecule has 1 atom stereocenters. The lowest BCUT2D eigenvalue weighted by Crippen LogP contribution is -2.43. The Morgan fingerprint density at radius 1 is 1.21 bits per heavy atom. The predicted octanol–water partition coefficient (Wildman–Crippen LogP) is 3.52. The molecule has 0 heterocycles. The smallest absolute Gasteiger partial charge is 0.179 e. The second kappa shape index (κ2) is 5.46. The van der Waals surface area contributed by atoms with Crippen molar-refractivity contribution in [3.05, 3.63) is 35.9 Å². The Kier molecular flexibility index (Phi) is 3.69. The van der Waals surface area contributed by atoms with Gasteiger partial charge in [0.05, 0.1) is 6.04 Å². The molecule has 2 heteroatoms. The minimum atomic E-state index is 0.0931. The third-order valence-electron chi connectivity index (χ3n) is 4.33. The molecular formula is C17H23NO. The number of ketones is 1. The van der Waals surface area contributed by atoms with Crippen LogP contribution in [0.3, 0.4) is 0 Å². The van der Waals surface area contributed by atoms with Crippen molar-refractivity contribution in [1.82, 2.24) is 4.90 Å². The summed E-state index contributed by atoms with van der Waals surface area (Å²) in [5, 5.41) is 0. The molecule has 3 rings (SSSR count). The van der Waals surface area contributed by atoms with Crippen LogP contribution >= 0.6 is 0 Å². The number of carbonyl (C=O) groups excluding carboxylic acids is 1. The first kappa shape index (κ1) is 12.9. The van der Waals surface area contributed by atoms with E-state index < -0.39 is 0 Å². The lowest BCUT2D eigenvalue weighted by molar-refractivity contribution is 0.0788. The maximum Gasteiger partial charge on any atom is 0.179 e. The van der Waals surface area contributed by atoms with Crippen molar-refractivity contribution in [3.8, 4) is 0 Å². The van der Waals surface area contributed by atoms with E-state index in [-0.39, 0.29) is 6.04 Å². The monoisotopic (exact) mass is 257 g/mol. The van der Waals surface area contributed by atoms with Crippen LogP contribution in [0.4, 0.5) is 0 Å². The van der Waals surface area contributed by atoms with Crippen molar-refractivity contribution in [2.75, 3.05) is 6.54 Å². The molecule has 102 valence electrons. The molecule has 2 nitrogen and oxygen atoms in total. The molecule has 0 saturated heterocycles. The van der Waals surface area contributed by atoms with Crippen LogP contribution in [-0.2, 0) is 0 Å². The van der Waals surface area contributed by atoms with Crippen molar-refractivity contribution in [1.29, 1.82) is 0 Å². The van der Waals surface area contributed by atoms with Crippen molar-refractivity contribution in [2.24, 2.45) is 5.92 Å². The number of nitrogens with zero attached hydrogens (tertiary/aromatic N) is 1. The molecule has 2 fully saturated rings. The Bertz CT molecular complexity index is 434. The van der Waals surface area contributed by atoms with Gasteiger partial charge in [-0.15, -0.1) is 0 Å². The van der Waals surface area contributed by atoms with Gasteiger partial charge >= 0.3 is 0 Å². The average Bonchev–Trinajstić information content (AvgIpc) is 3.31. The molecular weight excluding hydrogens is 234 g/mol. The van der Waals surface area contributed by atoms with Gasteiger partial charge < -0.3 is 0 Å². The Morgan fingerprint density at radius 3 is 2.42 bits per heavy atom. The van der Waals surface area contributed by atoms with E-state index in [0.29, 0.717) is 11.8 Å². The van der Waals surface area contributed by atoms with E-state index in [1.807, 2.05) is 30.3 Å². The zero-order valence-corrected chi connectivity index (χ0v) is 11.7. The Hall–Kier alpha value is -1.15. The molecule has 2 saturated carbocycles. The topological polar surface area (TPSA) is 20.3 Å². The van der Waals surface area contributed by atoms with Crippen LogP contribution in [0.25, 0.3) is 0 Å². The molecule has 0 aliphatic heterocycles. The largest absolute Gasteiger partial charge is 0.292 e. The van der Waals surface area contributed by atoms with Crippen LogP contribution in [0.1, 0.15) is 49.4 Å². The number of rotatable bonds is 7. The van der Waals surface area contributed by atoms with Gasteiger partial charge in [-0.1, -0.05) is 37.3 Å². The molecule has 0 amide bonds. The number of carbonyl (C=O) groups is 1. The van der Waals surface area contributed by atoms with Gasteiger partial charge in [0.2, 0.25) is 0 Å². The van der Waals surface area contributed by atoms with E-state index in [9.17, 15) is 4.79 Å². The van der Waals surface area contributed by atoms with E-state index in [0.717, 1.165) is 24.4 Å². The van der Waals surface area contributed by atoms with Crippen LogP contribution in [0.5, 0.6) is 0 Å². The molecule has 0 aromatic heterocycles. The Labute approximate surface area is 115 Å². The Morgan fingerprint density at radius 2 is 1.89 bits per heavy atom. The maximum absolute atomic E-state index is 12.7. The summed E-state index contributed by atoms with van der Waals surface area (Å²) in [5.41, 5.74) is 0.871. The highest BCUT2D eigenvalue weighted by Crippen LogP contribution is 2.37. The van der Waals surface area contributed by atoms with Gasteiger partial charge in [0.25, 0.3) is 0 Å². The highest BCUT2D eigenvalue weighted by atomic mass is 16.1. The zero-order valence-electron chi connectivity index (χ0n) is 11.7. The minimum absolute atomic E-state index is 0.0931. The first-order valence-corrected chi connectivity index (χ1v) is 7.64. The lowest BCUT2D eigenvalue weighted by Gasteiger charge is -2.30. The summed E-state index contributed by atoms with van der Waals surface area (Å²) in [6.07, 6.45) is 6.21. The highest BCUT2D eigenvalue weighted by Gasteiger charge is 2.39. The van der Waals surface area contributed by atoms with Crippen molar-refractivity contribution < 1.29 is 4.79 Å². The summed E-state index contributed by atoms with van der Waals surface area (Å²) < 4.78 is 0. The third-order valence-corrected chi connectivity index (χ3v) is 4.33.